The highest BCUT2D eigenvalue weighted by molar-refractivity contribution is 7.89. The molecule has 2 aromatic carbocycles. The molecule has 1 aliphatic heterocycles. The van der Waals surface area contributed by atoms with Crippen LogP contribution in [-0.4, -0.2) is 60.1 Å². The molecule has 1 fully saturated rings. The summed E-state index contributed by atoms with van der Waals surface area (Å²) in [6, 6.07) is 10.7. The van der Waals surface area contributed by atoms with Crippen molar-refractivity contribution in [2.75, 3.05) is 20.3 Å². The van der Waals surface area contributed by atoms with E-state index in [0.717, 1.165) is 6.07 Å². The molecule has 3 N–H and O–H groups in total. The maximum atomic E-state index is 14.1. The highest BCUT2D eigenvalue weighted by atomic mass is 32.2. The number of ether oxygens (including phenoxy) is 1. The minimum Gasteiger partial charge on any atom is -0.377 e. The molecule has 5 rings (SSSR count). The first-order valence-electron chi connectivity index (χ1n) is 13.3. The van der Waals surface area contributed by atoms with Crippen LogP contribution in [0.5, 0.6) is 0 Å². The van der Waals surface area contributed by atoms with Gasteiger partial charge in [0.2, 0.25) is 5.91 Å². The van der Waals surface area contributed by atoms with E-state index in [-0.39, 0.29) is 29.3 Å². The van der Waals surface area contributed by atoms with E-state index < -0.39 is 39.2 Å². The lowest BCUT2D eigenvalue weighted by Gasteiger charge is -2.22. The summed E-state index contributed by atoms with van der Waals surface area (Å²) in [4.78, 5) is 17.1. The van der Waals surface area contributed by atoms with E-state index in [0.29, 0.717) is 40.8 Å². The van der Waals surface area contributed by atoms with E-state index in [1.807, 2.05) is 0 Å². The Balaban J connectivity index is 1.73. The molecule has 1 amide bonds. The number of aryl methyl sites for hydroxylation is 1. The van der Waals surface area contributed by atoms with Gasteiger partial charge in [-0.3, -0.25) is 9.48 Å². The fourth-order valence-electron chi connectivity index (χ4n) is 5.11. The molecule has 0 aliphatic carbocycles. The van der Waals surface area contributed by atoms with Gasteiger partial charge in [-0.2, -0.15) is 5.10 Å². The number of fused-ring (bicyclic) bond motifs is 1. The fourth-order valence-corrected chi connectivity index (χ4v) is 5.99. The van der Waals surface area contributed by atoms with Crippen LogP contribution in [0.2, 0.25) is 0 Å². The van der Waals surface area contributed by atoms with Crippen molar-refractivity contribution in [3.05, 3.63) is 77.1 Å². The molecular formula is C30H29F2N5O5S. The lowest BCUT2D eigenvalue weighted by molar-refractivity contribution is -0.119. The Morgan fingerprint density at radius 1 is 1.19 bits per heavy atom. The van der Waals surface area contributed by atoms with Gasteiger partial charge in [-0.1, -0.05) is 18.1 Å². The third-order valence-electron chi connectivity index (χ3n) is 7.06. The Bertz CT molecular complexity index is 1870. The number of hydrogen-bond acceptors (Lipinski definition) is 7. The molecule has 0 radical (unpaired) electrons. The minimum absolute atomic E-state index is 0.0241. The van der Waals surface area contributed by atoms with Gasteiger partial charge in [0.05, 0.1) is 30.5 Å². The highest BCUT2D eigenvalue weighted by Crippen LogP contribution is 2.36. The zero-order chi connectivity index (χ0) is 30.9. The highest BCUT2D eigenvalue weighted by Gasteiger charge is 2.30. The van der Waals surface area contributed by atoms with E-state index in [1.54, 1.807) is 37.4 Å². The quantitative estimate of drug-likeness (QED) is 0.274. The summed E-state index contributed by atoms with van der Waals surface area (Å²) in [5.41, 5.74) is 1.07. The van der Waals surface area contributed by atoms with Crippen molar-refractivity contribution in [1.82, 2.24) is 24.8 Å². The summed E-state index contributed by atoms with van der Waals surface area (Å²) in [6.45, 7) is 1.75. The van der Waals surface area contributed by atoms with Crippen LogP contribution in [0.4, 0.5) is 8.78 Å². The summed E-state index contributed by atoms with van der Waals surface area (Å²) >= 11 is 0. The lowest BCUT2D eigenvalue weighted by Crippen LogP contribution is -2.29. The molecule has 10 nitrogen and oxygen atoms in total. The number of hydrogen-bond donors (Lipinski definition) is 3. The molecule has 43 heavy (non-hydrogen) atoms. The smallest absolute Gasteiger partial charge is 0.260 e. The summed E-state index contributed by atoms with van der Waals surface area (Å²) in [5, 5.41) is 17.9. The third-order valence-corrected chi connectivity index (χ3v) is 8.41. The first-order valence-corrected chi connectivity index (χ1v) is 14.8. The van der Waals surface area contributed by atoms with Crippen molar-refractivity contribution >= 4 is 26.8 Å². The van der Waals surface area contributed by atoms with Gasteiger partial charge in [-0.05, 0) is 55.3 Å². The van der Waals surface area contributed by atoms with E-state index in [9.17, 15) is 27.1 Å². The third kappa shape index (κ3) is 6.42. The predicted molar refractivity (Wildman–Crippen MR) is 154 cm³/mol. The SMILES string of the molecule is CNS(=O)(=O)c1nn(C)c2c(-c3ccc(C#C[C@@]4(O)CCOC4)nc3[C@H](Cc3cc(F)cc(F)c3)NC(C)=O)cccc12. The summed E-state index contributed by atoms with van der Waals surface area (Å²) < 4.78 is 62.7. The van der Waals surface area contributed by atoms with Crippen molar-refractivity contribution < 1.29 is 31.8 Å². The van der Waals surface area contributed by atoms with Crippen LogP contribution < -0.4 is 10.0 Å². The largest absolute Gasteiger partial charge is 0.377 e. The number of carbonyl (C=O) groups excluding carboxylic acids is 1. The van der Waals surface area contributed by atoms with Crippen LogP contribution in [0.15, 0.2) is 53.6 Å². The van der Waals surface area contributed by atoms with Gasteiger partial charge in [-0.25, -0.2) is 26.9 Å². The van der Waals surface area contributed by atoms with Crippen LogP contribution in [0.25, 0.3) is 22.0 Å². The van der Waals surface area contributed by atoms with Gasteiger partial charge < -0.3 is 15.2 Å². The fraction of sp³-hybridized carbons (Fsp3) is 0.300. The van der Waals surface area contributed by atoms with E-state index in [4.69, 9.17) is 9.72 Å². The molecule has 1 aliphatic rings. The van der Waals surface area contributed by atoms with E-state index in [1.165, 1.54) is 30.8 Å². The number of aromatic nitrogens is 3. The Labute approximate surface area is 247 Å². The number of pyridine rings is 1. The van der Waals surface area contributed by atoms with Gasteiger partial charge >= 0.3 is 0 Å². The van der Waals surface area contributed by atoms with Crippen molar-refractivity contribution in [3.63, 3.8) is 0 Å². The monoisotopic (exact) mass is 609 g/mol. The van der Waals surface area contributed by atoms with Gasteiger partial charge in [0, 0.05) is 43.0 Å². The number of rotatable bonds is 7. The molecule has 3 heterocycles. The summed E-state index contributed by atoms with van der Waals surface area (Å²) in [7, 11) is -0.996. The minimum atomic E-state index is -3.90. The molecule has 2 aromatic heterocycles. The van der Waals surface area contributed by atoms with E-state index in [2.05, 4.69) is 27.0 Å². The van der Waals surface area contributed by atoms with Crippen molar-refractivity contribution in [3.8, 4) is 23.0 Å². The van der Waals surface area contributed by atoms with Gasteiger partial charge in [-0.15, -0.1) is 0 Å². The number of amides is 1. The maximum Gasteiger partial charge on any atom is 0.260 e. The maximum absolute atomic E-state index is 14.1. The first-order chi connectivity index (χ1) is 20.4. The Hall–Kier alpha value is -4.22. The summed E-state index contributed by atoms with van der Waals surface area (Å²) in [5.74, 6) is 3.75. The molecule has 0 bridgehead atoms. The Kier molecular flexibility index (Phi) is 8.31. The average Bonchev–Trinajstić information content (AvgIpc) is 3.54. The molecule has 224 valence electrons. The van der Waals surface area contributed by atoms with Gasteiger partial charge in [0.1, 0.15) is 17.3 Å². The molecule has 0 unspecified atom stereocenters. The standard InChI is InChI=1S/C30H29F2N5O5S/c1-18(38)34-26(15-19-13-20(31)16-21(32)14-19)27-23(8-7-22(35-27)9-10-30(39)11-12-42-17-30)24-5-4-6-25-28(24)37(3)36-29(25)43(40,41)33-2/h4-8,13-14,16,26,33,39H,11-12,15,17H2,1-3H3,(H,34,38)/t26-,30+/m0/s1. The molecule has 0 saturated carbocycles. The topological polar surface area (TPSA) is 135 Å². The van der Waals surface area contributed by atoms with Crippen molar-refractivity contribution in [2.45, 2.75) is 36.4 Å². The second kappa shape index (κ2) is 11.8. The molecule has 4 aromatic rings. The average molecular weight is 610 g/mol. The molecular weight excluding hydrogens is 580 g/mol. The molecule has 13 heteroatoms. The number of carbonyl (C=O) groups is 1. The second-order valence-electron chi connectivity index (χ2n) is 10.3. The number of halogens is 2. The van der Waals surface area contributed by atoms with E-state index >= 15 is 0 Å². The zero-order valence-electron chi connectivity index (χ0n) is 23.6. The van der Waals surface area contributed by atoms with Crippen molar-refractivity contribution in [1.29, 1.82) is 0 Å². The molecule has 0 spiro atoms. The second-order valence-corrected chi connectivity index (χ2v) is 12.1. The van der Waals surface area contributed by atoms with Crippen LogP contribution >= 0.6 is 0 Å². The zero-order valence-corrected chi connectivity index (χ0v) is 24.4. The number of benzene rings is 2. The summed E-state index contributed by atoms with van der Waals surface area (Å²) in [6.07, 6.45) is 0.314. The normalized spacial score (nSPS) is 17.4. The lowest BCUT2D eigenvalue weighted by atomic mass is 9.93. The number of para-hydroxylation sites is 1. The number of nitrogens with zero attached hydrogens (tertiary/aromatic N) is 3. The molecule has 2 atom stereocenters. The van der Waals surface area contributed by atoms with Crippen LogP contribution in [0.1, 0.15) is 36.3 Å². The number of aliphatic hydroxyl groups is 1. The Morgan fingerprint density at radius 2 is 1.93 bits per heavy atom. The van der Waals surface area contributed by atoms with Crippen LogP contribution in [0.3, 0.4) is 0 Å². The van der Waals surface area contributed by atoms with Gasteiger partial charge in [0.15, 0.2) is 10.6 Å². The van der Waals surface area contributed by atoms with Crippen LogP contribution in [-0.2, 0) is 33.0 Å². The Morgan fingerprint density at radius 3 is 2.58 bits per heavy atom. The number of nitrogens with one attached hydrogen (secondary N) is 2. The van der Waals surface area contributed by atoms with Crippen molar-refractivity contribution in [2.24, 2.45) is 7.05 Å². The number of sulfonamides is 1. The first kappa shape index (κ1) is 30.2. The predicted octanol–water partition coefficient (Wildman–Crippen LogP) is 2.74. The van der Waals surface area contributed by atoms with Gasteiger partial charge in [0.25, 0.3) is 10.0 Å². The molecule has 1 saturated heterocycles. The van der Waals surface area contributed by atoms with Crippen LogP contribution in [0, 0.1) is 23.5 Å².